The molecular weight excluding hydrogens is 561 g/mol. The standard InChI is InChI=1S/C34H42N4O2S2/c1-7-17-37(23(5)9-3)33(39)27-19-25-13-11-15-29(31(25)35-21-27)41-42-30-16-12-14-26-20-28(22-36-32(26)30)34(40)38(18-8-2)24(6)10-4/h11-16,19-24H,7-10,17-18H2,1-6H3. The minimum atomic E-state index is 0.0367. The first-order valence-corrected chi connectivity index (χ1v) is 17.2. The van der Waals surface area contributed by atoms with E-state index in [1.54, 1.807) is 34.0 Å². The van der Waals surface area contributed by atoms with Crippen LogP contribution in [0.4, 0.5) is 0 Å². The third-order valence-electron chi connectivity index (χ3n) is 7.76. The van der Waals surface area contributed by atoms with E-state index in [4.69, 9.17) is 9.97 Å². The lowest BCUT2D eigenvalue weighted by atomic mass is 10.1. The number of para-hydroxylation sites is 2. The average molecular weight is 603 g/mol. The van der Waals surface area contributed by atoms with Crippen LogP contribution in [0.5, 0.6) is 0 Å². The van der Waals surface area contributed by atoms with E-state index in [0.717, 1.165) is 70.4 Å². The molecule has 0 radical (unpaired) electrons. The Hall–Kier alpha value is -3.10. The predicted molar refractivity (Wildman–Crippen MR) is 177 cm³/mol. The molecule has 8 heteroatoms. The van der Waals surface area contributed by atoms with Gasteiger partial charge in [0.15, 0.2) is 0 Å². The predicted octanol–water partition coefficient (Wildman–Crippen LogP) is 8.88. The second-order valence-corrected chi connectivity index (χ2v) is 13.0. The molecule has 2 atom stereocenters. The van der Waals surface area contributed by atoms with Gasteiger partial charge in [-0.15, -0.1) is 0 Å². The van der Waals surface area contributed by atoms with Crippen LogP contribution < -0.4 is 0 Å². The van der Waals surface area contributed by atoms with Crippen LogP contribution in [-0.2, 0) is 0 Å². The Bertz CT molecular complexity index is 1430. The van der Waals surface area contributed by atoms with Crippen LogP contribution in [0.2, 0.25) is 0 Å². The molecule has 6 nitrogen and oxygen atoms in total. The van der Waals surface area contributed by atoms with Crippen LogP contribution in [0.1, 0.15) is 87.9 Å². The molecule has 2 aromatic heterocycles. The third-order valence-corrected chi connectivity index (χ3v) is 10.2. The maximum absolute atomic E-state index is 13.3. The summed E-state index contributed by atoms with van der Waals surface area (Å²) in [7, 11) is 3.26. The molecule has 2 amide bonds. The molecule has 4 aromatic rings. The van der Waals surface area contributed by atoms with Crippen LogP contribution in [0, 0.1) is 0 Å². The number of nitrogens with zero attached hydrogens (tertiary/aromatic N) is 4. The summed E-state index contributed by atoms with van der Waals surface area (Å²) < 4.78 is 0. The summed E-state index contributed by atoms with van der Waals surface area (Å²) in [4.78, 5) is 42.1. The Balaban J connectivity index is 1.56. The van der Waals surface area contributed by atoms with Crippen molar-refractivity contribution in [1.29, 1.82) is 0 Å². The lowest BCUT2D eigenvalue weighted by Gasteiger charge is -2.28. The number of pyridine rings is 2. The third kappa shape index (κ3) is 7.09. The molecule has 4 rings (SSSR count). The zero-order chi connectivity index (χ0) is 30.2. The van der Waals surface area contributed by atoms with Crippen molar-refractivity contribution in [3.8, 4) is 0 Å². The van der Waals surface area contributed by atoms with E-state index in [9.17, 15) is 9.59 Å². The first-order chi connectivity index (χ1) is 20.3. The molecule has 222 valence electrons. The number of amides is 2. The Kier molecular flexibility index (Phi) is 11.3. The summed E-state index contributed by atoms with van der Waals surface area (Å²) in [6.07, 6.45) is 7.10. The highest BCUT2D eigenvalue weighted by atomic mass is 33.1. The van der Waals surface area contributed by atoms with Crippen molar-refractivity contribution in [1.82, 2.24) is 19.8 Å². The van der Waals surface area contributed by atoms with Gasteiger partial charge in [0.2, 0.25) is 0 Å². The van der Waals surface area contributed by atoms with Crippen LogP contribution in [0.25, 0.3) is 21.8 Å². The smallest absolute Gasteiger partial charge is 0.255 e. The Morgan fingerprint density at radius 1 is 0.690 bits per heavy atom. The summed E-state index contributed by atoms with van der Waals surface area (Å²) >= 11 is 0. The number of carbonyl (C=O) groups is 2. The SMILES string of the molecule is CCCN(C(=O)c1cnc2c(SSc3cccc4cc(C(=O)N(CCC)C(C)CC)cnc34)cccc2c1)C(C)CC. The minimum Gasteiger partial charge on any atom is -0.336 e. The number of benzene rings is 2. The van der Waals surface area contributed by atoms with Crippen molar-refractivity contribution in [2.75, 3.05) is 13.1 Å². The summed E-state index contributed by atoms with van der Waals surface area (Å²) in [5.41, 5.74) is 3.00. The summed E-state index contributed by atoms with van der Waals surface area (Å²) in [5.74, 6) is 0.0735. The molecule has 2 unspecified atom stereocenters. The van der Waals surface area contributed by atoms with E-state index in [0.29, 0.717) is 11.1 Å². The fraction of sp³-hybridized carbons (Fsp3) is 0.412. The molecule has 0 fully saturated rings. The van der Waals surface area contributed by atoms with Gasteiger partial charge in [-0.05, 0) is 63.8 Å². The molecule has 0 saturated heterocycles. The molecular formula is C34H42N4O2S2. The van der Waals surface area contributed by atoms with Crippen molar-refractivity contribution in [3.05, 3.63) is 72.1 Å². The zero-order valence-electron chi connectivity index (χ0n) is 25.6. The lowest BCUT2D eigenvalue weighted by molar-refractivity contribution is 0.0680. The van der Waals surface area contributed by atoms with Gasteiger partial charge in [-0.3, -0.25) is 19.6 Å². The topological polar surface area (TPSA) is 66.4 Å². The molecule has 0 aliphatic heterocycles. The van der Waals surface area contributed by atoms with Gasteiger partial charge in [-0.25, -0.2) is 0 Å². The van der Waals surface area contributed by atoms with E-state index >= 15 is 0 Å². The van der Waals surface area contributed by atoms with Crippen LogP contribution in [0.3, 0.4) is 0 Å². The van der Waals surface area contributed by atoms with Gasteiger partial charge in [-0.1, -0.05) is 73.5 Å². The molecule has 0 bridgehead atoms. The van der Waals surface area contributed by atoms with Gasteiger partial charge < -0.3 is 9.80 Å². The molecule has 0 N–H and O–H groups in total. The fourth-order valence-corrected chi connectivity index (χ4v) is 7.31. The molecule has 0 aliphatic rings. The average Bonchev–Trinajstić information content (AvgIpc) is 3.03. The number of rotatable bonds is 13. The maximum atomic E-state index is 13.3. The molecule has 0 saturated carbocycles. The number of carbonyl (C=O) groups excluding carboxylic acids is 2. The van der Waals surface area contributed by atoms with E-state index in [1.165, 1.54) is 0 Å². The summed E-state index contributed by atoms with van der Waals surface area (Å²) in [5, 5.41) is 1.90. The molecule has 2 aromatic carbocycles. The first-order valence-electron chi connectivity index (χ1n) is 15.1. The van der Waals surface area contributed by atoms with Gasteiger partial charge in [-0.2, -0.15) is 0 Å². The Morgan fingerprint density at radius 3 is 1.45 bits per heavy atom. The highest BCUT2D eigenvalue weighted by Crippen LogP contribution is 2.42. The highest BCUT2D eigenvalue weighted by Gasteiger charge is 2.22. The Morgan fingerprint density at radius 2 is 1.10 bits per heavy atom. The molecule has 42 heavy (non-hydrogen) atoms. The van der Waals surface area contributed by atoms with Crippen LogP contribution >= 0.6 is 21.6 Å². The van der Waals surface area contributed by atoms with Gasteiger partial charge in [0.1, 0.15) is 0 Å². The van der Waals surface area contributed by atoms with Crippen molar-refractivity contribution in [2.24, 2.45) is 0 Å². The van der Waals surface area contributed by atoms with Crippen LogP contribution in [0.15, 0.2) is 70.7 Å². The number of aromatic nitrogens is 2. The number of hydrogen-bond acceptors (Lipinski definition) is 6. The van der Waals surface area contributed by atoms with Crippen molar-refractivity contribution in [3.63, 3.8) is 0 Å². The van der Waals surface area contributed by atoms with Crippen molar-refractivity contribution >= 4 is 55.2 Å². The first kappa shape index (κ1) is 31.8. The van der Waals surface area contributed by atoms with Gasteiger partial charge >= 0.3 is 0 Å². The maximum Gasteiger partial charge on any atom is 0.255 e. The second kappa shape index (κ2) is 14.9. The zero-order valence-corrected chi connectivity index (χ0v) is 27.2. The molecule has 0 spiro atoms. The quantitative estimate of drug-likeness (QED) is 0.142. The fourth-order valence-electron chi connectivity index (χ4n) is 5.02. The van der Waals surface area contributed by atoms with Crippen LogP contribution in [-0.4, -0.2) is 56.8 Å². The van der Waals surface area contributed by atoms with Gasteiger partial charge in [0.25, 0.3) is 11.8 Å². The summed E-state index contributed by atoms with van der Waals surface area (Å²) in [6, 6.07) is 16.5. The highest BCUT2D eigenvalue weighted by molar-refractivity contribution is 8.76. The van der Waals surface area contributed by atoms with E-state index < -0.39 is 0 Å². The van der Waals surface area contributed by atoms with Gasteiger partial charge in [0, 0.05) is 58.1 Å². The summed E-state index contributed by atoms with van der Waals surface area (Å²) in [6.45, 7) is 14.1. The second-order valence-electron chi connectivity index (χ2n) is 10.8. The lowest BCUT2D eigenvalue weighted by Crippen LogP contribution is -2.38. The number of hydrogen-bond donors (Lipinski definition) is 0. The van der Waals surface area contributed by atoms with Gasteiger partial charge in [0.05, 0.1) is 22.2 Å². The van der Waals surface area contributed by atoms with E-state index in [2.05, 4.69) is 53.7 Å². The molecule has 2 heterocycles. The normalized spacial score (nSPS) is 12.8. The monoisotopic (exact) mass is 602 g/mol. The molecule has 0 aliphatic carbocycles. The van der Waals surface area contributed by atoms with Crippen molar-refractivity contribution < 1.29 is 9.59 Å². The number of fused-ring (bicyclic) bond motifs is 2. The Labute approximate surface area is 258 Å². The minimum absolute atomic E-state index is 0.0367. The van der Waals surface area contributed by atoms with E-state index in [1.807, 2.05) is 46.2 Å². The van der Waals surface area contributed by atoms with Crippen molar-refractivity contribution in [2.45, 2.75) is 89.1 Å². The largest absolute Gasteiger partial charge is 0.336 e. The van der Waals surface area contributed by atoms with E-state index in [-0.39, 0.29) is 23.9 Å².